The van der Waals surface area contributed by atoms with Gasteiger partial charge in [0.2, 0.25) is 4.96 Å². The Balaban J connectivity index is 1.57. The summed E-state index contributed by atoms with van der Waals surface area (Å²) in [6.07, 6.45) is 0.778. The molecule has 1 aromatic carbocycles. The lowest BCUT2D eigenvalue weighted by molar-refractivity contribution is -0.147. The van der Waals surface area contributed by atoms with Crippen LogP contribution in [0.25, 0.3) is 4.96 Å². The molecule has 0 spiro atoms. The van der Waals surface area contributed by atoms with E-state index in [1.54, 1.807) is 31.4 Å². The van der Waals surface area contributed by atoms with E-state index in [1.165, 1.54) is 21.9 Å². The van der Waals surface area contributed by atoms with Gasteiger partial charge in [-0.05, 0) is 30.2 Å². The summed E-state index contributed by atoms with van der Waals surface area (Å²) in [4.78, 5) is 28.9. The lowest BCUT2D eigenvalue weighted by Crippen LogP contribution is -2.18. The van der Waals surface area contributed by atoms with Gasteiger partial charge in [-0.1, -0.05) is 25.2 Å². The molecule has 2 aromatic heterocycles. The minimum absolute atomic E-state index is 0.103. The Hall–Kier alpha value is -2.94. The number of hydrogen-bond acceptors (Lipinski definition) is 8. The number of hydrogen-bond donors (Lipinski definition) is 0. The van der Waals surface area contributed by atoms with Crippen LogP contribution in [0.2, 0.25) is 0 Å². The predicted molar refractivity (Wildman–Crippen MR) is 104 cm³/mol. The van der Waals surface area contributed by atoms with Crippen LogP contribution in [0, 0.1) is 5.92 Å². The van der Waals surface area contributed by atoms with E-state index >= 15 is 0 Å². The monoisotopic (exact) mass is 403 g/mol. The number of aromatic nitrogens is 3. The molecule has 0 amide bonds. The summed E-state index contributed by atoms with van der Waals surface area (Å²) < 4.78 is 16.9. The summed E-state index contributed by atoms with van der Waals surface area (Å²) >= 11 is 1.36. The third-order valence-electron chi connectivity index (χ3n) is 3.72. The molecule has 0 saturated carbocycles. The van der Waals surface area contributed by atoms with E-state index < -0.39 is 5.97 Å². The summed E-state index contributed by atoms with van der Waals surface area (Å²) in [6, 6.07) is 8.18. The van der Waals surface area contributed by atoms with Gasteiger partial charge in [0.1, 0.15) is 23.1 Å². The first kappa shape index (κ1) is 19.8. The Labute approximate surface area is 165 Å². The Morgan fingerprint density at radius 3 is 2.61 bits per heavy atom. The van der Waals surface area contributed by atoms with Crippen molar-refractivity contribution in [2.24, 2.45) is 5.92 Å². The minimum Gasteiger partial charge on any atom is -0.497 e. The van der Waals surface area contributed by atoms with Gasteiger partial charge in [-0.25, -0.2) is 9.78 Å². The normalized spacial score (nSPS) is 11.0. The molecule has 0 fully saturated rings. The first-order valence-electron chi connectivity index (χ1n) is 8.75. The number of ether oxygens (including phenoxy) is 3. The van der Waals surface area contributed by atoms with Crippen molar-refractivity contribution >= 4 is 22.3 Å². The molecule has 0 radical (unpaired) electrons. The van der Waals surface area contributed by atoms with Gasteiger partial charge >= 0.3 is 5.97 Å². The molecule has 0 unspecified atom stereocenters. The molecule has 0 aliphatic rings. The van der Waals surface area contributed by atoms with Crippen LogP contribution in [-0.2, 0) is 22.6 Å². The van der Waals surface area contributed by atoms with Crippen molar-refractivity contribution in [1.29, 1.82) is 0 Å². The smallest absolute Gasteiger partial charge is 0.344 e. The van der Waals surface area contributed by atoms with Crippen molar-refractivity contribution in [2.45, 2.75) is 26.9 Å². The highest BCUT2D eigenvalue weighted by molar-refractivity contribution is 7.16. The van der Waals surface area contributed by atoms with E-state index in [1.807, 2.05) is 0 Å². The van der Waals surface area contributed by atoms with Gasteiger partial charge in [0.15, 0.2) is 6.61 Å². The zero-order chi connectivity index (χ0) is 20.1. The van der Waals surface area contributed by atoms with Crippen molar-refractivity contribution in [3.05, 3.63) is 51.4 Å². The SMILES string of the molecule is COc1ccc(OCC(=O)OCc2cc(=O)n3nc(CC(C)C)sc3n2)cc1. The highest BCUT2D eigenvalue weighted by Crippen LogP contribution is 2.17. The van der Waals surface area contributed by atoms with Gasteiger partial charge in [0.25, 0.3) is 5.56 Å². The molecule has 0 N–H and O–H groups in total. The second-order valence-corrected chi connectivity index (χ2v) is 7.54. The maximum Gasteiger partial charge on any atom is 0.344 e. The van der Waals surface area contributed by atoms with Gasteiger partial charge in [-0.3, -0.25) is 4.79 Å². The van der Waals surface area contributed by atoms with Crippen LogP contribution >= 0.6 is 11.3 Å². The van der Waals surface area contributed by atoms with Crippen molar-refractivity contribution in [2.75, 3.05) is 13.7 Å². The zero-order valence-electron chi connectivity index (χ0n) is 15.9. The molecule has 8 nitrogen and oxygen atoms in total. The molecule has 28 heavy (non-hydrogen) atoms. The Morgan fingerprint density at radius 1 is 1.21 bits per heavy atom. The minimum atomic E-state index is -0.553. The highest BCUT2D eigenvalue weighted by atomic mass is 32.1. The number of carbonyl (C=O) groups excluding carboxylic acids is 1. The van der Waals surface area contributed by atoms with E-state index in [0.29, 0.717) is 28.1 Å². The van der Waals surface area contributed by atoms with Crippen molar-refractivity contribution in [1.82, 2.24) is 14.6 Å². The average Bonchev–Trinajstić information content (AvgIpc) is 3.07. The number of rotatable bonds is 8. The van der Waals surface area contributed by atoms with E-state index in [9.17, 15) is 9.59 Å². The fraction of sp³-hybridized carbons (Fsp3) is 0.368. The van der Waals surface area contributed by atoms with Gasteiger partial charge < -0.3 is 14.2 Å². The topological polar surface area (TPSA) is 92.0 Å². The molecule has 3 rings (SSSR count). The summed E-state index contributed by atoms with van der Waals surface area (Å²) in [5.41, 5.74) is 0.0827. The van der Waals surface area contributed by atoms with Crippen LogP contribution in [0.4, 0.5) is 0 Å². The molecule has 3 aromatic rings. The van der Waals surface area contributed by atoms with Crippen molar-refractivity contribution in [3.63, 3.8) is 0 Å². The van der Waals surface area contributed by atoms with Crippen LogP contribution in [0.15, 0.2) is 35.1 Å². The largest absolute Gasteiger partial charge is 0.497 e. The average molecular weight is 403 g/mol. The summed E-state index contributed by atoms with van der Waals surface area (Å²) in [5.74, 6) is 1.10. The van der Waals surface area contributed by atoms with Crippen LogP contribution in [0.1, 0.15) is 24.5 Å². The molecule has 9 heteroatoms. The van der Waals surface area contributed by atoms with E-state index in [2.05, 4.69) is 23.9 Å². The van der Waals surface area contributed by atoms with E-state index in [0.717, 1.165) is 11.4 Å². The van der Waals surface area contributed by atoms with Crippen molar-refractivity contribution in [3.8, 4) is 11.5 Å². The summed E-state index contributed by atoms with van der Waals surface area (Å²) in [5, 5.41) is 5.14. The maximum atomic E-state index is 12.2. The second-order valence-electron chi connectivity index (χ2n) is 6.50. The first-order chi connectivity index (χ1) is 13.4. The molecule has 2 heterocycles. The summed E-state index contributed by atoms with van der Waals surface area (Å²) in [6.45, 7) is 3.82. The van der Waals surface area contributed by atoms with Crippen LogP contribution in [-0.4, -0.2) is 34.3 Å². The van der Waals surface area contributed by atoms with Gasteiger partial charge in [-0.15, -0.1) is 0 Å². The third kappa shape index (κ3) is 5.07. The molecule has 0 bridgehead atoms. The number of fused-ring (bicyclic) bond motifs is 1. The molecule has 0 aliphatic carbocycles. The fourth-order valence-electron chi connectivity index (χ4n) is 2.41. The molecule has 148 valence electrons. The van der Waals surface area contributed by atoms with Gasteiger partial charge in [0.05, 0.1) is 12.8 Å². The third-order valence-corrected chi connectivity index (χ3v) is 4.65. The standard InChI is InChI=1S/C19H21N3O5S/c1-12(2)8-16-21-22-17(23)9-13(20-19(22)28-16)10-27-18(24)11-26-15-6-4-14(25-3)5-7-15/h4-7,9,12H,8,10-11H2,1-3H3. The number of nitrogens with zero attached hydrogens (tertiary/aromatic N) is 3. The molecule has 0 atom stereocenters. The Morgan fingerprint density at radius 2 is 1.93 bits per heavy atom. The maximum absolute atomic E-state index is 12.2. The number of carbonyl (C=O) groups is 1. The van der Waals surface area contributed by atoms with Crippen molar-refractivity contribution < 1.29 is 19.0 Å². The zero-order valence-corrected chi connectivity index (χ0v) is 16.7. The number of esters is 1. The van der Waals surface area contributed by atoms with E-state index in [4.69, 9.17) is 14.2 Å². The lowest BCUT2D eigenvalue weighted by Gasteiger charge is -2.07. The molecule has 0 aliphatic heterocycles. The number of methoxy groups -OCH3 is 1. The molecule has 0 saturated heterocycles. The van der Waals surface area contributed by atoms with Crippen LogP contribution < -0.4 is 15.0 Å². The lowest BCUT2D eigenvalue weighted by atomic mass is 10.1. The van der Waals surface area contributed by atoms with Crippen LogP contribution in [0.3, 0.4) is 0 Å². The second kappa shape index (κ2) is 8.83. The summed E-state index contributed by atoms with van der Waals surface area (Å²) in [7, 11) is 1.57. The molecular weight excluding hydrogens is 382 g/mol. The highest BCUT2D eigenvalue weighted by Gasteiger charge is 2.12. The quantitative estimate of drug-likeness (QED) is 0.534. The first-order valence-corrected chi connectivity index (χ1v) is 9.57. The van der Waals surface area contributed by atoms with Gasteiger partial charge in [-0.2, -0.15) is 9.61 Å². The Bertz CT molecular complexity index is 1010. The van der Waals surface area contributed by atoms with Crippen LogP contribution in [0.5, 0.6) is 11.5 Å². The fourth-order valence-corrected chi connectivity index (χ4v) is 3.54. The Kier molecular flexibility index (Phi) is 6.25. The van der Waals surface area contributed by atoms with E-state index in [-0.39, 0.29) is 18.8 Å². The molecular formula is C19H21N3O5S. The number of benzene rings is 1. The predicted octanol–water partition coefficient (Wildman–Crippen LogP) is 2.48. The van der Waals surface area contributed by atoms with Gasteiger partial charge in [0, 0.05) is 12.5 Å².